The van der Waals surface area contributed by atoms with Crippen molar-refractivity contribution in [3.8, 4) is 0 Å². The van der Waals surface area contributed by atoms with Gasteiger partial charge in [-0.25, -0.2) is 0 Å². The molecule has 1 rings (SSSR count). The number of nitrogens with one attached hydrogen (secondary N) is 1. The minimum absolute atomic E-state index is 0.00690. The number of piperazine rings is 1. The zero-order valence-electron chi connectivity index (χ0n) is 11.4. The molecule has 1 fully saturated rings. The molecule has 0 aromatic carbocycles. The van der Waals surface area contributed by atoms with Crippen LogP contribution in [-0.2, 0) is 9.59 Å². The highest BCUT2D eigenvalue weighted by Gasteiger charge is 2.45. The van der Waals surface area contributed by atoms with Gasteiger partial charge in [0.2, 0.25) is 11.8 Å². The zero-order valence-corrected chi connectivity index (χ0v) is 11.4. The molecule has 2 atom stereocenters. The third-order valence-electron chi connectivity index (χ3n) is 3.66. The molecule has 1 aliphatic rings. The summed E-state index contributed by atoms with van der Waals surface area (Å²) in [7, 11) is 0. The molecular weight excluding hydrogens is 216 g/mol. The molecule has 0 aromatic heterocycles. The van der Waals surface area contributed by atoms with Crippen molar-refractivity contribution in [3.05, 3.63) is 0 Å². The van der Waals surface area contributed by atoms with Crippen molar-refractivity contribution >= 4 is 11.8 Å². The van der Waals surface area contributed by atoms with Gasteiger partial charge in [0, 0.05) is 6.54 Å². The summed E-state index contributed by atoms with van der Waals surface area (Å²) in [6.07, 6.45) is 3.30. The summed E-state index contributed by atoms with van der Waals surface area (Å²) in [6.45, 7) is 8.48. The Bertz CT molecular complexity index is 304. The number of hydrogen-bond acceptors (Lipinski definition) is 2. The van der Waals surface area contributed by atoms with E-state index in [0.29, 0.717) is 19.4 Å². The van der Waals surface area contributed by atoms with Crippen molar-refractivity contribution in [2.45, 2.75) is 65.0 Å². The van der Waals surface area contributed by atoms with E-state index in [1.54, 1.807) is 4.90 Å². The van der Waals surface area contributed by atoms with E-state index < -0.39 is 5.54 Å². The van der Waals surface area contributed by atoms with E-state index >= 15 is 0 Å². The first kappa shape index (κ1) is 14.0. The maximum Gasteiger partial charge on any atom is 0.248 e. The van der Waals surface area contributed by atoms with E-state index in [2.05, 4.69) is 12.2 Å². The Hall–Kier alpha value is -1.06. The van der Waals surface area contributed by atoms with E-state index in [1.165, 1.54) is 0 Å². The number of rotatable bonds is 5. The first-order valence-corrected chi connectivity index (χ1v) is 6.63. The first-order chi connectivity index (χ1) is 8.00. The van der Waals surface area contributed by atoms with Crippen LogP contribution in [0.3, 0.4) is 0 Å². The lowest BCUT2D eigenvalue weighted by Gasteiger charge is -2.44. The molecule has 0 saturated carbocycles. The highest BCUT2D eigenvalue weighted by atomic mass is 16.2. The van der Waals surface area contributed by atoms with Crippen molar-refractivity contribution in [3.63, 3.8) is 0 Å². The molecule has 1 saturated heterocycles. The average Bonchev–Trinajstić information content (AvgIpc) is 2.31. The van der Waals surface area contributed by atoms with Crippen molar-refractivity contribution in [2.75, 3.05) is 6.54 Å². The lowest BCUT2D eigenvalue weighted by atomic mass is 9.91. The van der Waals surface area contributed by atoms with E-state index in [9.17, 15) is 9.59 Å². The Balaban J connectivity index is 2.92. The van der Waals surface area contributed by atoms with Crippen molar-refractivity contribution < 1.29 is 9.59 Å². The van der Waals surface area contributed by atoms with Crippen LogP contribution in [0.2, 0.25) is 0 Å². The third kappa shape index (κ3) is 2.61. The van der Waals surface area contributed by atoms with Gasteiger partial charge in [0.1, 0.15) is 11.6 Å². The summed E-state index contributed by atoms with van der Waals surface area (Å²) in [5.74, 6) is 0.0625. The van der Waals surface area contributed by atoms with Crippen LogP contribution in [0.1, 0.15) is 53.4 Å². The molecule has 1 heterocycles. The molecular formula is C13H24N2O2. The Labute approximate surface area is 104 Å². The average molecular weight is 240 g/mol. The van der Waals surface area contributed by atoms with E-state index in [4.69, 9.17) is 0 Å². The van der Waals surface area contributed by atoms with Gasteiger partial charge < -0.3 is 10.2 Å². The first-order valence-electron chi connectivity index (χ1n) is 6.63. The largest absolute Gasteiger partial charge is 0.340 e. The molecule has 4 heteroatoms. The summed E-state index contributed by atoms with van der Waals surface area (Å²) in [5.41, 5.74) is -0.712. The fourth-order valence-electron chi connectivity index (χ4n) is 2.24. The number of amides is 2. The van der Waals surface area contributed by atoms with Gasteiger partial charge in [-0.3, -0.25) is 9.59 Å². The van der Waals surface area contributed by atoms with Gasteiger partial charge in [-0.1, -0.05) is 27.2 Å². The molecule has 0 aliphatic carbocycles. The second-order valence-corrected chi connectivity index (χ2v) is 4.95. The van der Waals surface area contributed by atoms with E-state index in [0.717, 1.165) is 12.8 Å². The van der Waals surface area contributed by atoms with Gasteiger partial charge in [0.15, 0.2) is 0 Å². The molecule has 2 unspecified atom stereocenters. The monoisotopic (exact) mass is 240 g/mol. The highest BCUT2D eigenvalue weighted by Crippen LogP contribution is 2.23. The summed E-state index contributed by atoms with van der Waals surface area (Å²) in [6, 6.07) is -0.284. The second kappa shape index (κ2) is 5.52. The normalized spacial score (nSPS) is 29.4. The van der Waals surface area contributed by atoms with Crippen LogP contribution in [0, 0.1) is 0 Å². The fourth-order valence-corrected chi connectivity index (χ4v) is 2.24. The smallest absolute Gasteiger partial charge is 0.248 e. The molecule has 0 radical (unpaired) electrons. The van der Waals surface area contributed by atoms with Gasteiger partial charge >= 0.3 is 0 Å². The van der Waals surface area contributed by atoms with Crippen LogP contribution in [0.4, 0.5) is 0 Å². The molecule has 1 N–H and O–H groups in total. The molecule has 1 aliphatic heterocycles. The van der Waals surface area contributed by atoms with Crippen LogP contribution >= 0.6 is 0 Å². The maximum absolute atomic E-state index is 12.4. The Morgan fingerprint density at radius 1 is 1.29 bits per heavy atom. The number of carbonyl (C=O) groups excluding carboxylic acids is 2. The van der Waals surface area contributed by atoms with Gasteiger partial charge in [-0.2, -0.15) is 0 Å². The van der Waals surface area contributed by atoms with Gasteiger partial charge in [-0.15, -0.1) is 0 Å². The predicted molar refractivity (Wildman–Crippen MR) is 67.5 cm³/mol. The standard InChI is InChI=1S/C13H24N2O2/c1-5-8-9-15-10(6-2)11(16)14-13(4,7-3)12(15)17/h10H,5-9H2,1-4H3,(H,14,16). The Kier molecular flexibility index (Phi) is 4.54. The van der Waals surface area contributed by atoms with Crippen LogP contribution < -0.4 is 5.32 Å². The molecule has 98 valence electrons. The van der Waals surface area contributed by atoms with Crippen LogP contribution in [0.25, 0.3) is 0 Å². The highest BCUT2D eigenvalue weighted by molar-refractivity contribution is 5.99. The minimum Gasteiger partial charge on any atom is -0.340 e. The topological polar surface area (TPSA) is 49.4 Å². The van der Waals surface area contributed by atoms with Gasteiger partial charge in [0.25, 0.3) is 0 Å². The van der Waals surface area contributed by atoms with Crippen molar-refractivity contribution in [1.82, 2.24) is 10.2 Å². The van der Waals surface area contributed by atoms with Gasteiger partial charge in [-0.05, 0) is 26.2 Å². The second-order valence-electron chi connectivity index (χ2n) is 4.95. The molecule has 0 bridgehead atoms. The van der Waals surface area contributed by atoms with Crippen molar-refractivity contribution in [1.29, 1.82) is 0 Å². The summed E-state index contributed by atoms with van der Waals surface area (Å²) in [4.78, 5) is 26.2. The predicted octanol–water partition coefficient (Wildman–Crippen LogP) is 1.69. The molecule has 0 aromatic rings. The minimum atomic E-state index is -0.712. The fraction of sp³-hybridized carbons (Fsp3) is 0.846. The number of unbranched alkanes of at least 4 members (excludes halogenated alkanes) is 1. The van der Waals surface area contributed by atoms with Crippen molar-refractivity contribution in [2.24, 2.45) is 0 Å². The zero-order chi connectivity index (χ0) is 13.1. The molecule has 2 amide bonds. The summed E-state index contributed by atoms with van der Waals surface area (Å²) < 4.78 is 0. The van der Waals surface area contributed by atoms with E-state index in [-0.39, 0.29) is 17.9 Å². The number of carbonyl (C=O) groups is 2. The molecule has 17 heavy (non-hydrogen) atoms. The Morgan fingerprint density at radius 3 is 2.41 bits per heavy atom. The molecule has 0 spiro atoms. The van der Waals surface area contributed by atoms with Crippen LogP contribution in [0.5, 0.6) is 0 Å². The quantitative estimate of drug-likeness (QED) is 0.795. The van der Waals surface area contributed by atoms with Crippen LogP contribution in [0.15, 0.2) is 0 Å². The summed E-state index contributed by atoms with van der Waals surface area (Å²) in [5, 5.41) is 2.87. The number of hydrogen-bond donors (Lipinski definition) is 1. The Morgan fingerprint density at radius 2 is 1.94 bits per heavy atom. The lowest BCUT2D eigenvalue weighted by Crippen LogP contribution is -2.68. The SMILES string of the molecule is CCCCN1C(=O)C(C)(CC)NC(=O)C1CC. The maximum atomic E-state index is 12.4. The number of nitrogens with zero attached hydrogens (tertiary/aromatic N) is 1. The molecule has 4 nitrogen and oxygen atoms in total. The third-order valence-corrected chi connectivity index (χ3v) is 3.66. The van der Waals surface area contributed by atoms with E-state index in [1.807, 2.05) is 20.8 Å². The lowest BCUT2D eigenvalue weighted by molar-refractivity contribution is -0.154. The summed E-state index contributed by atoms with van der Waals surface area (Å²) >= 11 is 0. The van der Waals surface area contributed by atoms with Gasteiger partial charge in [0.05, 0.1) is 0 Å². The van der Waals surface area contributed by atoms with Crippen LogP contribution in [-0.4, -0.2) is 34.8 Å².